The molecule has 3 rings (SSSR count). The lowest BCUT2D eigenvalue weighted by Crippen LogP contribution is -2.29. The fraction of sp³-hybridized carbons (Fsp3) is 0.778. The quantitative estimate of drug-likeness (QED) is 0.403. The minimum absolute atomic E-state index is 0.808. The maximum atomic E-state index is 2.54. The number of rotatable bonds is 8. The van der Waals surface area contributed by atoms with Crippen molar-refractivity contribution >= 4 is 0 Å². The summed E-state index contributed by atoms with van der Waals surface area (Å²) in [6.45, 7) is 7.18. The predicted molar refractivity (Wildman–Crippen MR) is 119 cm³/mol. The molecule has 0 aromatic heterocycles. The Morgan fingerprint density at radius 3 is 2.11 bits per heavy atom. The third-order valence-electron chi connectivity index (χ3n) is 7.94. The van der Waals surface area contributed by atoms with Gasteiger partial charge in [0, 0.05) is 0 Å². The Labute approximate surface area is 169 Å². The topological polar surface area (TPSA) is 0 Å². The maximum absolute atomic E-state index is 2.54. The monoisotopic (exact) mass is 368 g/mol. The van der Waals surface area contributed by atoms with Crippen LogP contribution in [0.4, 0.5) is 0 Å². The van der Waals surface area contributed by atoms with Gasteiger partial charge in [0.15, 0.2) is 0 Å². The van der Waals surface area contributed by atoms with Crippen molar-refractivity contribution in [3.8, 4) is 0 Å². The molecule has 0 bridgehead atoms. The first kappa shape index (κ1) is 20.9. The molecule has 0 N–H and O–H groups in total. The second-order valence-corrected chi connectivity index (χ2v) is 9.93. The van der Waals surface area contributed by atoms with E-state index in [4.69, 9.17) is 0 Å². The van der Waals surface area contributed by atoms with Crippen molar-refractivity contribution in [3.05, 3.63) is 35.4 Å². The zero-order valence-electron chi connectivity index (χ0n) is 18.4. The van der Waals surface area contributed by atoms with Crippen LogP contribution in [0.25, 0.3) is 0 Å². The molecule has 0 heterocycles. The SMILES string of the molecule is CCCCCc1ccc([C@H]2CC[C@H](C3CCC(CCC)CC3)C[C@H]2C)cc1. The zero-order chi connectivity index (χ0) is 19.1. The van der Waals surface area contributed by atoms with Crippen molar-refractivity contribution in [2.45, 2.75) is 110 Å². The van der Waals surface area contributed by atoms with Crippen molar-refractivity contribution in [2.75, 3.05) is 0 Å². The Morgan fingerprint density at radius 2 is 1.48 bits per heavy atom. The van der Waals surface area contributed by atoms with Crippen molar-refractivity contribution in [1.82, 2.24) is 0 Å². The molecular weight excluding hydrogens is 324 g/mol. The summed E-state index contributed by atoms with van der Waals surface area (Å²) in [4.78, 5) is 0. The van der Waals surface area contributed by atoms with Crippen LogP contribution in [0.3, 0.4) is 0 Å². The van der Waals surface area contributed by atoms with E-state index in [1.807, 2.05) is 0 Å². The highest BCUT2D eigenvalue weighted by Gasteiger charge is 2.34. The highest BCUT2D eigenvalue weighted by Crippen LogP contribution is 2.46. The van der Waals surface area contributed by atoms with E-state index in [9.17, 15) is 0 Å². The van der Waals surface area contributed by atoms with Crippen molar-refractivity contribution in [3.63, 3.8) is 0 Å². The lowest BCUT2D eigenvalue weighted by molar-refractivity contribution is 0.130. The Kier molecular flexibility index (Phi) is 8.28. The van der Waals surface area contributed by atoms with Crippen LogP contribution in [-0.2, 0) is 6.42 Å². The summed E-state index contributed by atoms with van der Waals surface area (Å²) in [6.07, 6.45) is 18.6. The average molecular weight is 369 g/mol. The van der Waals surface area contributed by atoms with Gasteiger partial charge in [-0.3, -0.25) is 0 Å². The van der Waals surface area contributed by atoms with Gasteiger partial charge in [-0.2, -0.15) is 0 Å². The first-order valence-electron chi connectivity index (χ1n) is 12.3. The van der Waals surface area contributed by atoms with E-state index in [1.54, 1.807) is 5.56 Å². The van der Waals surface area contributed by atoms with Gasteiger partial charge in [0.25, 0.3) is 0 Å². The molecule has 0 aliphatic heterocycles. The van der Waals surface area contributed by atoms with E-state index in [0.717, 1.165) is 29.6 Å². The van der Waals surface area contributed by atoms with Crippen LogP contribution in [-0.4, -0.2) is 0 Å². The highest BCUT2D eigenvalue weighted by molar-refractivity contribution is 5.26. The van der Waals surface area contributed by atoms with Gasteiger partial charge in [-0.15, -0.1) is 0 Å². The molecule has 0 radical (unpaired) electrons. The molecule has 1 aromatic carbocycles. The summed E-state index contributed by atoms with van der Waals surface area (Å²) in [5.74, 6) is 4.79. The minimum Gasteiger partial charge on any atom is -0.0654 e. The molecule has 3 atom stereocenters. The number of hydrogen-bond acceptors (Lipinski definition) is 0. The first-order valence-corrected chi connectivity index (χ1v) is 12.3. The normalized spacial score (nSPS) is 31.7. The van der Waals surface area contributed by atoms with E-state index in [1.165, 1.54) is 89.0 Å². The van der Waals surface area contributed by atoms with E-state index in [0.29, 0.717) is 0 Å². The fourth-order valence-corrected chi connectivity index (χ4v) is 6.23. The van der Waals surface area contributed by atoms with Crippen molar-refractivity contribution in [1.29, 1.82) is 0 Å². The molecule has 0 saturated heterocycles. The van der Waals surface area contributed by atoms with Gasteiger partial charge in [-0.1, -0.05) is 83.6 Å². The van der Waals surface area contributed by atoms with E-state index >= 15 is 0 Å². The van der Waals surface area contributed by atoms with Crippen molar-refractivity contribution < 1.29 is 0 Å². The summed E-state index contributed by atoms with van der Waals surface area (Å²) >= 11 is 0. The van der Waals surface area contributed by atoms with Crippen LogP contribution in [0.1, 0.15) is 115 Å². The largest absolute Gasteiger partial charge is 0.0654 e. The van der Waals surface area contributed by atoms with Crippen molar-refractivity contribution in [2.24, 2.45) is 23.7 Å². The molecule has 2 aliphatic carbocycles. The molecule has 2 saturated carbocycles. The van der Waals surface area contributed by atoms with E-state index in [-0.39, 0.29) is 0 Å². The minimum atomic E-state index is 0.808. The number of benzene rings is 1. The standard InChI is InChI=1S/C27H44/c1-4-6-7-9-23-12-16-25(17-13-23)27-19-18-26(20-21(27)3)24-14-10-22(8-5-2)11-15-24/h12-13,16-17,21-22,24,26-27H,4-11,14-15,18-20H2,1-3H3/t21-,22?,24?,26+,27+/m1/s1. The molecule has 0 heteroatoms. The molecule has 2 fully saturated rings. The van der Waals surface area contributed by atoms with Crippen LogP contribution in [0.2, 0.25) is 0 Å². The number of unbranched alkanes of at least 4 members (excludes halogenated alkanes) is 2. The smallest absolute Gasteiger partial charge is 0.0136 e. The Morgan fingerprint density at radius 1 is 0.778 bits per heavy atom. The highest BCUT2D eigenvalue weighted by atomic mass is 14.4. The second kappa shape index (κ2) is 10.7. The van der Waals surface area contributed by atoms with Crippen LogP contribution >= 0.6 is 0 Å². The van der Waals surface area contributed by atoms with Gasteiger partial charge >= 0.3 is 0 Å². The average Bonchev–Trinajstić information content (AvgIpc) is 2.70. The molecule has 0 spiro atoms. The van der Waals surface area contributed by atoms with Crippen LogP contribution < -0.4 is 0 Å². The lowest BCUT2D eigenvalue weighted by Gasteiger charge is -2.41. The third kappa shape index (κ3) is 5.85. The molecule has 27 heavy (non-hydrogen) atoms. The third-order valence-corrected chi connectivity index (χ3v) is 7.94. The van der Waals surface area contributed by atoms with Crippen LogP contribution in [0.5, 0.6) is 0 Å². The summed E-state index contributed by atoms with van der Waals surface area (Å²) in [6, 6.07) is 9.75. The first-order chi connectivity index (χ1) is 13.2. The molecule has 2 aliphatic rings. The van der Waals surface area contributed by atoms with Gasteiger partial charge < -0.3 is 0 Å². The second-order valence-electron chi connectivity index (χ2n) is 9.93. The molecule has 152 valence electrons. The summed E-state index contributed by atoms with van der Waals surface area (Å²) in [7, 11) is 0. The molecule has 0 amide bonds. The van der Waals surface area contributed by atoms with Gasteiger partial charge in [-0.25, -0.2) is 0 Å². The summed E-state index contributed by atoms with van der Waals surface area (Å²) < 4.78 is 0. The van der Waals surface area contributed by atoms with Gasteiger partial charge in [-0.05, 0) is 85.7 Å². The van der Waals surface area contributed by atoms with Crippen LogP contribution in [0.15, 0.2) is 24.3 Å². The van der Waals surface area contributed by atoms with E-state index < -0.39 is 0 Å². The van der Waals surface area contributed by atoms with Gasteiger partial charge in [0.1, 0.15) is 0 Å². The van der Waals surface area contributed by atoms with E-state index in [2.05, 4.69) is 45.0 Å². The van der Waals surface area contributed by atoms with Gasteiger partial charge in [0.2, 0.25) is 0 Å². The maximum Gasteiger partial charge on any atom is -0.0136 e. The molecule has 0 nitrogen and oxygen atoms in total. The summed E-state index contributed by atoms with van der Waals surface area (Å²) in [5, 5.41) is 0. The molecular formula is C27H44. The Balaban J connectivity index is 1.48. The number of aryl methyl sites for hydroxylation is 1. The summed E-state index contributed by atoms with van der Waals surface area (Å²) in [5.41, 5.74) is 3.16. The molecule has 0 unspecified atom stereocenters. The lowest BCUT2D eigenvalue weighted by atomic mass is 9.65. The van der Waals surface area contributed by atoms with Gasteiger partial charge in [0.05, 0.1) is 0 Å². The zero-order valence-corrected chi connectivity index (χ0v) is 18.4. The predicted octanol–water partition coefficient (Wildman–Crippen LogP) is 8.55. The fourth-order valence-electron chi connectivity index (χ4n) is 6.23. The van der Waals surface area contributed by atoms with Crippen LogP contribution in [0, 0.1) is 23.7 Å². The number of hydrogen-bond donors (Lipinski definition) is 0. The molecule has 1 aromatic rings. The Hall–Kier alpha value is -0.780. The Bertz CT molecular complexity index is 519.